The van der Waals surface area contributed by atoms with Gasteiger partial charge in [0, 0.05) is 23.3 Å². The Kier molecular flexibility index (Phi) is 7.78. The second-order valence-corrected chi connectivity index (χ2v) is 10.6. The third kappa shape index (κ3) is 4.94. The Bertz CT molecular complexity index is 1280. The van der Waals surface area contributed by atoms with Crippen LogP contribution in [0, 0.1) is 0 Å². The summed E-state index contributed by atoms with van der Waals surface area (Å²) in [7, 11) is 0. The van der Waals surface area contributed by atoms with Crippen LogP contribution in [-0.4, -0.2) is 11.7 Å². The molecule has 0 radical (unpaired) electrons. The minimum absolute atomic E-state index is 0.142. The van der Waals surface area contributed by atoms with Gasteiger partial charge in [-0.3, -0.25) is 9.59 Å². The van der Waals surface area contributed by atoms with Crippen molar-refractivity contribution >= 4 is 22.5 Å². The molecule has 3 aromatic rings. The van der Waals surface area contributed by atoms with E-state index >= 15 is 0 Å². The molecule has 1 aliphatic rings. The second-order valence-electron chi connectivity index (χ2n) is 10.6. The normalized spacial score (nSPS) is 16.0. The van der Waals surface area contributed by atoms with Crippen molar-refractivity contribution in [3.8, 4) is 5.75 Å². The zero-order chi connectivity index (χ0) is 25.0. The molecule has 0 aliphatic carbocycles. The topological polar surface area (TPSA) is 57.6 Å². The van der Waals surface area contributed by atoms with Crippen LogP contribution in [0.1, 0.15) is 96.1 Å². The molecular formula is C31H39NO3. The number of hydrogen-bond donors (Lipinski definition) is 1. The quantitative estimate of drug-likeness (QED) is 0.223. The van der Waals surface area contributed by atoms with Crippen molar-refractivity contribution in [2.24, 2.45) is 0 Å². The van der Waals surface area contributed by atoms with E-state index < -0.39 is 16.6 Å². The SMILES string of the molecule is CCCCCCCCCCCCN1/C(=C/c2c(O)c(=O)c2=O)C(C)(C)c2c1ccc1ccccc21. The van der Waals surface area contributed by atoms with Gasteiger partial charge in [0.2, 0.25) is 5.43 Å². The van der Waals surface area contributed by atoms with Gasteiger partial charge in [-0.15, -0.1) is 0 Å². The van der Waals surface area contributed by atoms with Gasteiger partial charge in [-0.2, -0.15) is 0 Å². The number of anilines is 1. The number of rotatable bonds is 12. The maximum absolute atomic E-state index is 12.2. The van der Waals surface area contributed by atoms with Crippen molar-refractivity contribution in [1.82, 2.24) is 0 Å². The summed E-state index contributed by atoms with van der Waals surface area (Å²) in [5.74, 6) is -0.405. The standard InChI is InChI=1S/C31H39NO3/c1-4-5-6-7-8-9-10-11-12-15-20-32-25-19-18-22-16-13-14-17-23(22)27(25)31(2,3)26(32)21-24-28(33)30(35)29(24)34/h13-14,16-19,21,33H,4-12,15,20H2,1-3H3/b26-21+. The molecule has 1 N–H and O–H groups in total. The highest BCUT2D eigenvalue weighted by Crippen LogP contribution is 2.51. The molecule has 4 nitrogen and oxygen atoms in total. The van der Waals surface area contributed by atoms with Gasteiger partial charge < -0.3 is 10.0 Å². The first-order valence-electron chi connectivity index (χ1n) is 13.4. The van der Waals surface area contributed by atoms with Crippen molar-refractivity contribution in [2.75, 3.05) is 11.4 Å². The maximum Gasteiger partial charge on any atom is 0.268 e. The molecule has 0 spiro atoms. The molecule has 4 rings (SSSR count). The maximum atomic E-state index is 12.2. The summed E-state index contributed by atoms with van der Waals surface area (Å²) >= 11 is 0. The van der Waals surface area contributed by atoms with Crippen molar-refractivity contribution in [3.63, 3.8) is 0 Å². The predicted octanol–water partition coefficient (Wildman–Crippen LogP) is 7.20. The number of benzene rings is 2. The average molecular weight is 474 g/mol. The average Bonchev–Trinajstić information content (AvgIpc) is 3.08. The van der Waals surface area contributed by atoms with Crippen molar-refractivity contribution in [3.05, 3.63) is 73.7 Å². The molecule has 1 heterocycles. The summed E-state index contributed by atoms with van der Waals surface area (Å²) in [4.78, 5) is 26.1. The summed E-state index contributed by atoms with van der Waals surface area (Å²) in [6, 6.07) is 12.7. The number of fused-ring (bicyclic) bond motifs is 3. The van der Waals surface area contributed by atoms with Crippen molar-refractivity contribution in [1.29, 1.82) is 0 Å². The molecular weight excluding hydrogens is 434 g/mol. The molecule has 0 aromatic heterocycles. The van der Waals surface area contributed by atoms with Gasteiger partial charge in [-0.25, -0.2) is 0 Å². The van der Waals surface area contributed by atoms with Crippen LogP contribution in [0.3, 0.4) is 0 Å². The van der Waals surface area contributed by atoms with E-state index in [-0.39, 0.29) is 11.0 Å². The minimum atomic E-state index is -0.781. The number of hydrogen-bond acceptors (Lipinski definition) is 4. The summed E-state index contributed by atoms with van der Waals surface area (Å²) in [6.07, 6.45) is 14.6. The Labute approximate surface area is 209 Å². The Hall–Kier alpha value is -2.88. The first-order valence-corrected chi connectivity index (χ1v) is 13.4. The van der Waals surface area contributed by atoms with Crippen molar-refractivity contribution < 1.29 is 5.11 Å². The number of unbranched alkanes of at least 4 members (excludes halogenated alkanes) is 9. The fourth-order valence-electron chi connectivity index (χ4n) is 5.66. The van der Waals surface area contributed by atoms with Gasteiger partial charge in [0.15, 0.2) is 5.75 Å². The predicted molar refractivity (Wildman–Crippen MR) is 147 cm³/mol. The Morgan fingerprint density at radius 2 is 1.46 bits per heavy atom. The van der Waals surface area contributed by atoms with Gasteiger partial charge >= 0.3 is 0 Å². The lowest BCUT2D eigenvalue weighted by molar-refractivity contribution is 0.461. The molecule has 0 unspecified atom stereocenters. The van der Waals surface area contributed by atoms with E-state index in [1.54, 1.807) is 6.08 Å². The summed E-state index contributed by atoms with van der Waals surface area (Å²) in [5.41, 5.74) is 1.79. The van der Waals surface area contributed by atoms with Crippen molar-refractivity contribution in [2.45, 2.75) is 90.4 Å². The van der Waals surface area contributed by atoms with Gasteiger partial charge in [0.25, 0.3) is 5.43 Å². The smallest absolute Gasteiger partial charge is 0.268 e. The second kappa shape index (κ2) is 10.8. The van der Waals surface area contributed by atoms with Gasteiger partial charge in [-0.1, -0.05) is 109 Å². The Morgan fingerprint density at radius 3 is 2.11 bits per heavy atom. The first kappa shape index (κ1) is 25.2. The lowest BCUT2D eigenvalue weighted by atomic mass is 9.80. The van der Waals surface area contributed by atoms with Crippen LogP contribution in [-0.2, 0) is 5.41 Å². The minimum Gasteiger partial charge on any atom is -0.504 e. The lowest BCUT2D eigenvalue weighted by Crippen LogP contribution is -2.34. The van der Waals surface area contributed by atoms with Gasteiger partial charge in [0.1, 0.15) is 0 Å². The van der Waals surface area contributed by atoms with E-state index in [2.05, 4.69) is 62.1 Å². The molecule has 0 bridgehead atoms. The van der Waals surface area contributed by atoms with Crippen LogP contribution in [0.15, 0.2) is 51.7 Å². The van der Waals surface area contributed by atoms with Crippen LogP contribution < -0.4 is 15.8 Å². The zero-order valence-electron chi connectivity index (χ0n) is 21.5. The van der Waals surface area contributed by atoms with E-state index in [0.29, 0.717) is 0 Å². The molecule has 186 valence electrons. The molecule has 4 heteroatoms. The Morgan fingerprint density at radius 1 is 0.829 bits per heavy atom. The highest BCUT2D eigenvalue weighted by atomic mass is 16.3. The summed E-state index contributed by atoms with van der Waals surface area (Å²) in [6.45, 7) is 7.45. The molecule has 0 saturated heterocycles. The molecule has 0 amide bonds. The third-order valence-electron chi connectivity index (χ3n) is 7.69. The fraction of sp³-hybridized carbons (Fsp3) is 0.484. The highest BCUT2D eigenvalue weighted by Gasteiger charge is 2.41. The molecule has 0 saturated carbocycles. The third-order valence-corrected chi connectivity index (χ3v) is 7.69. The van der Waals surface area contributed by atoms with Gasteiger partial charge in [-0.05, 0) is 34.9 Å². The van der Waals surface area contributed by atoms with Gasteiger partial charge in [0.05, 0.1) is 5.56 Å². The number of aromatic hydroxyl groups is 1. The number of nitrogens with zero attached hydrogens (tertiary/aromatic N) is 1. The summed E-state index contributed by atoms with van der Waals surface area (Å²) < 4.78 is 0. The largest absolute Gasteiger partial charge is 0.504 e. The van der Waals surface area contributed by atoms with E-state index in [0.717, 1.165) is 24.4 Å². The molecule has 3 aromatic carbocycles. The first-order chi connectivity index (χ1) is 16.9. The van der Waals surface area contributed by atoms with E-state index in [9.17, 15) is 14.7 Å². The van der Waals surface area contributed by atoms with Crippen LogP contribution >= 0.6 is 0 Å². The van der Waals surface area contributed by atoms with E-state index in [1.807, 2.05) is 0 Å². The Balaban J connectivity index is 1.52. The van der Waals surface area contributed by atoms with E-state index in [1.165, 1.54) is 74.1 Å². The molecule has 0 atom stereocenters. The molecule has 0 fully saturated rings. The number of allylic oxidation sites excluding steroid dienone is 1. The van der Waals surface area contributed by atoms with Crippen LogP contribution in [0.25, 0.3) is 16.8 Å². The van der Waals surface area contributed by atoms with Crippen LogP contribution in [0.2, 0.25) is 0 Å². The van der Waals surface area contributed by atoms with Crippen LogP contribution in [0.5, 0.6) is 5.75 Å². The lowest BCUT2D eigenvalue weighted by Gasteiger charge is -2.27. The molecule has 35 heavy (non-hydrogen) atoms. The van der Waals surface area contributed by atoms with E-state index in [4.69, 9.17) is 0 Å². The monoisotopic (exact) mass is 473 g/mol. The highest BCUT2D eigenvalue weighted by molar-refractivity contribution is 5.95. The van der Waals surface area contributed by atoms with Crippen LogP contribution in [0.4, 0.5) is 5.69 Å². The molecule has 1 aliphatic heterocycles. The summed E-state index contributed by atoms with van der Waals surface area (Å²) in [5, 5.41) is 12.5. The fourth-order valence-corrected chi connectivity index (χ4v) is 5.66. The zero-order valence-corrected chi connectivity index (χ0v) is 21.5.